The maximum absolute atomic E-state index is 10.9. The van der Waals surface area contributed by atoms with Gasteiger partial charge >= 0.3 is 5.82 Å². The molecule has 0 bridgehead atoms. The number of aryl methyl sites for hydroxylation is 1. The second-order valence-corrected chi connectivity index (χ2v) is 4.69. The Hall–Kier alpha value is -1.63. The minimum atomic E-state index is -0.483. The van der Waals surface area contributed by atoms with Crippen LogP contribution >= 0.6 is 0 Å². The van der Waals surface area contributed by atoms with Crippen molar-refractivity contribution in [3.05, 3.63) is 15.9 Å². The molecule has 0 fully saturated rings. The van der Waals surface area contributed by atoms with E-state index in [2.05, 4.69) is 10.3 Å². The van der Waals surface area contributed by atoms with Crippen molar-refractivity contribution in [2.75, 3.05) is 18.5 Å². The Labute approximate surface area is 106 Å². The number of hydrogen-bond acceptors (Lipinski definition) is 5. The number of nitro groups is 1. The van der Waals surface area contributed by atoms with E-state index >= 15 is 0 Å². The third-order valence-corrected chi connectivity index (χ3v) is 2.69. The molecule has 0 radical (unpaired) electrons. The predicted octanol–water partition coefficient (Wildman–Crippen LogP) is 1.86. The van der Waals surface area contributed by atoms with Crippen molar-refractivity contribution < 1.29 is 9.66 Å². The van der Waals surface area contributed by atoms with Crippen LogP contribution in [0.1, 0.15) is 26.6 Å². The third kappa shape index (κ3) is 3.19. The molecule has 7 nitrogen and oxygen atoms in total. The minimum absolute atomic E-state index is 0.151. The molecule has 0 aliphatic carbocycles. The van der Waals surface area contributed by atoms with Gasteiger partial charge < -0.3 is 20.2 Å². The van der Waals surface area contributed by atoms with Crippen LogP contribution in [0, 0.1) is 17.0 Å². The van der Waals surface area contributed by atoms with E-state index in [1.54, 1.807) is 18.5 Å². The molecule has 0 aromatic carbocycles. The summed E-state index contributed by atoms with van der Waals surface area (Å²) in [6, 6.07) is 0. The lowest BCUT2D eigenvalue weighted by Crippen LogP contribution is -2.34. The van der Waals surface area contributed by atoms with Crippen LogP contribution in [0.2, 0.25) is 0 Å². The highest BCUT2D eigenvalue weighted by Crippen LogP contribution is 2.24. The van der Waals surface area contributed by atoms with Gasteiger partial charge in [-0.25, -0.2) is 0 Å². The smallest absolute Gasteiger partial charge is 0.374 e. The molecule has 1 aromatic rings. The van der Waals surface area contributed by atoms with Crippen LogP contribution in [0.5, 0.6) is 0 Å². The summed E-state index contributed by atoms with van der Waals surface area (Å²) in [5, 5.41) is 13.9. The molecule has 0 saturated carbocycles. The molecule has 0 unspecified atom stereocenters. The normalized spacial score (nSPS) is 11.6. The standard InChI is InChI=1S/C11H20N4O3/c1-6-18-11(3,4)7-12-9-10(15(16)17)13-8(2)14(9)5/h12H,6-7H2,1-5H3. The number of rotatable bonds is 6. The van der Waals surface area contributed by atoms with E-state index in [-0.39, 0.29) is 11.4 Å². The molecule has 1 rings (SSSR count). The molecule has 0 amide bonds. The van der Waals surface area contributed by atoms with Crippen LogP contribution in [-0.4, -0.2) is 33.2 Å². The van der Waals surface area contributed by atoms with Gasteiger partial charge in [0.2, 0.25) is 11.6 Å². The molecule has 1 N–H and O–H groups in total. The van der Waals surface area contributed by atoms with Gasteiger partial charge in [-0.2, -0.15) is 0 Å². The lowest BCUT2D eigenvalue weighted by atomic mass is 10.1. The molecule has 7 heteroatoms. The fraction of sp³-hybridized carbons (Fsp3) is 0.727. The number of imidazole rings is 1. The summed E-state index contributed by atoms with van der Waals surface area (Å²) in [5.41, 5.74) is -0.388. The molecule has 0 spiro atoms. The van der Waals surface area contributed by atoms with Gasteiger partial charge in [-0.3, -0.25) is 4.57 Å². The monoisotopic (exact) mass is 256 g/mol. The van der Waals surface area contributed by atoms with Crippen molar-refractivity contribution in [1.29, 1.82) is 0 Å². The number of nitrogens with zero attached hydrogens (tertiary/aromatic N) is 3. The van der Waals surface area contributed by atoms with Gasteiger partial charge in [-0.1, -0.05) is 0 Å². The van der Waals surface area contributed by atoms with Crippen molar-refractivity contribution in [2.45, 2.75) is 33.3 Å². The van der Waals surface area contributed by atoms with E-state index in [0.717, 1.165) is 0 Å². The lowest BCUT2D eigenvalue weighted by molar-refractivity contribution is -0.388. The fourth-order valence-electron chi connectivity index (χ4n) is 1.66. The lowest BCUT2D eigenvalue weighted by Gasteiger charge is -2.25. The van der Waals surface area contributed by atoms with Crippen LogP contribution in [0.3, 0.4) is 0 Å². The maximum Gasteiger partial charge on any atom is 0.406 e. The summed E-state index contributed by atoms with van der Waals surface area (Å²) in [6.45, 7) is 8.57. The Morgan fingerprint density at radius 2 is 2.17 bits per heavy atom. The SMILES string of the molecule is CCOC(C)(C)CNc1c([N+](=O)[O-])nc(C)n1C. The van der Waals surface area contributed by atoms with Gasteiger partial charge in [-0.15, -0.1) is 0 Å². The summed E-state index contributed by atoms with van der Waals surface area (Å²) in [6.07, 6.45) is 0. The topological polar surface area (TPSA) is 82.2 Å². The highest BCUT2D eigenvalue weighted by molar-refractivity contribution is 5.53. The molecule has 0 aliphatic rings. The number of ether oxygens (including phenoxy) is 1. The van der Waals surface area contributed by atoms with Crippen molar-refractivity contribution >= 4 is 11.6 Å². The Morgan fingerprint density at radius 1 is 1.56 bits per heavy atom. The summed E-state index contributed by atoms with van der Waals surface area (Å²) >= 11 is 0. The van der Waals surface area contributed by atoms with E-state index in [9.17, 15) is 10.1 Å². The first kappa shape index (κ1) is 14.4. The van der Waals surface area contributed by atoms with Crippen LogP contribution in [0.4, 0.5) is 11.6 Å². The first-order valence-electron chi connectivity index (χ1n) is 5.84. The van der Waals surface area contributed by atoms with Gasteiger partial charge in [0, 0.05) is 27.1 Å². The van der Waals surface area contributed by atoms with E-state index in [1.165, 1.54) is 0 Å². The van der Waals surface area contributed by atoms with E-state index < -0.39 is 4.92 Å². The minimum Gasteiger partial charge on any atom is -0.374 e. The molecule has 1 aromatic heterocycles. The van der Waals surface area contributed by atoms with Gasteiger partial charge in [-0.05, 0) is 30.7 Å². The van der Waals surface area contributed by atoms with Crippen molar-refractivity contribution in [2.24, 2.45) is 7.05 Å². The summed E-state index contributed by atoms with van der Waals surface area (Å²) < 4.78 is 7.20. The zero-order valence-electron chi connectivity index (χ0n) is 11.5. The van der Waals surface area contributed by atoms with Crippen LogP contribution in [0.15, 0.2) is 0 Å². The zero-order chi connectivity index (χ0) is 13.9. The maximum atomic E-state index is 10.9. The first-order chi connectivity index (χ1) is 8.28. The molecule has 0 saturated heterocycles. The van der Waals surface area contributed by atoms with Gasteiger partial charge in [0.05, 0.1) is 5.60 Å². The Bertz CT molecular complexity index is 440. The number of anilines is 1. The molecule has 0 atom stereocenters. The van der Waals surface area contributed by atoms with Gasteiger partial charge in [0.15, 0.2) is 0 Å². The van der Waals surface area contributed by atoms with Crippen LogP contribution < -0.4 is 5.32 Å². The van der Waals surface area contributed by atoms with Crippen LogP contribution in [-0.2, 0) is 11.8 Å². The number of aromatic nitrogens is 2. The quantitative estimate of drug-likeness (QED) is 0.620. The Balaban J connectivity index is 2.87. The van der Waals surface area contributed by atoms with E-state index in [1.807, 2.05) is 20.8 Å². The van der Waals surface area contributed by atoms with E-state index in [4.69, 9.17) is 4.74 Å². The number of nitrogens with one attached hydrogen (secondary N) is 1. The highest BCUT2D eigenvalue weighted by atomic mass is 16.6. The fourth-order valence-corrected chi connectivity index (χ4v) is 1.66. The van der Waals surface area contributed by atoms with Crippen molar-refractivity contribution in [3.8, 4) is 0 Å². The third-order valence-electron chi connectivity index (χ3n) is 2.69. The van der Waals surface area contributed by atoms with E-state index in [0.29, 0.717) is 24.8 Å². The Morgan fingerprint density at radius 3 is 2.67 bits per heavy atom. The average Bonchev–Trinajstić information content (AvgIpc) is 2.53. The molecule has 102 valence electrons. The summed E-state index contributed by atoms with van der Waals surface area (Å²) in [4.78, 5) is 14.3. The van der Waals surface area contributed by atoms with Crippen LogP contribution in [0.25, 0.3) is 0 Å². The molecule has 0 aliphatic heterocycles. The van der Waals surface area contributed by atoms with Gasteiger partial charge in [0.25, 0.3) is 0 Å². The zero-order valence-corrected chi connectivity index (χ0v) is 11.5. The summed E-state index contributed by atoms with van der Waals surface area (Å²) in [7, 11) is 1.74. The Kier molecular flexibility index (Phi) is 4.28. The average molecular weight is 256 g/mol. The summed E-state index contributed by atoms with van der Waals surface area (Å²) in [5.74, 6) is 0.853. The first-order valence-corrected chi connectivity index (χ1v) is 5.84. The highest BCUT2D eigenvalue weighted by Gasteiger charge is 2.26. The second-order valence-electron chi connectivity index (χ2n) is 4.69. The molecule has 18 heavy (non-hydrogen) atoms. The second kappa shape index (κ2) is 5.34. The van der Waals surface area contributed by atoms with Crippen molar-refractivity contribution in [1.82, 2.24) is 9.55 Å². The predicted molar refractivity (Wildman–Crippen MR) is 68.8 cm³/mol. The molecule has 1 heterocycles. The molecular formula is C11H20N4O3. The largest absolute Gasteiger partial charge is 0.406 e. The van der Waals surface area contributed by atoms with Gasteiger partial charge in [0.1, 0.15) is 0 Å². The van der Waals surface area contributed by atoms with Crippen molar-refractivity contribution in [3.63, 3.8) is 0 Å². The molecular weight excluding hydrogens is 236 g/mol. The number of hydrogen-bond donors (Lipinski definition) is 1.